The van der Waals surface area contributed by atoms with Crippen molar-refractivity contribution in [3.05, 3.63) is 40.3 Å². The van der Waals surface area contributed by atoms with Gasteiger partial charge < -0.3 is 9.47 Å². The Kier molecular flexibility index (Phi) is 5.08. The number of alkyl halides is 2. The lowest BCUT2D eigenvalue weighted by atomic mass is 10.2. The van der Waals surface area contributed by atoms with E-state index in [9.17, 15) is 13.6 Å². The van der Waals surface area contributed by atoms with Gasteiger partial charge in [-0.1, -0.05) is 5.11 Å². The van der Waals surface area contributed by atoms with E-state index in [0.29, 0.717) is 0 Å². The molecule has 0 atom stereocenters. The van der Waals surface area contributed by atoms with E-state index in [-0.39, 0.29) is 11.3 Å². The van der Waals surface area contributed by atoms with Crippen molar-refractivity contribution in [2.45, 2.75) is 5.92 Å². The topological polar surface area (TPSA) is 84.3 Å². The van der Waals surface area contributed by atoms with Gasteiger partial charge in [-0.2, -0.15) is 0 Å². The number of benzene rings is 1. The maximum absolute atomic E-state index is 13.1. The van der Waals surface area contributed by atoms with Crippen LogP contribution in [-0.4, -0.2) is 32.2 Å². The summed E-state index contributed by atoms with van der Waals surface area (Å²) in [6.45, 7) is -1.88. The zero-order valence-corrected chi connectivity index (χ0v) is 10.0. The van der Waals surface area contributed by atoms with Gasteiger partial charge in [-0.3, -0.25) is 0 Å². The Hall–Kier alpha value is -2.34. The van der Waals surface area contributed by atoms with E-state index < -0.39 is 25.0 Å². The largest absolute Gasteiger partial charge is 0.487 e. The number of ether oxygens (including phenoxy) is 2. The van der Waals surface area contributed by atoms with Crippen molar-refractivity contribution in [2.75, 3.05) is 20.3 Å². The van der Waals surface area contributed by atoms with Gasteiger partial charge in [0.2, 0.25) is 0 Å². The van der Waals surface area contributed by atoms with Crippen LogP contribution in [0.25, 0.3) is 10.4 Å². The van der Waals surface area contributed by atoms with E-state index in [1.165, 1.54) is 31.4 Å². The molecule has 0 amide bonds. The summed E-state index contributed by atoms with van der Waals surface area (Å²) in [5.41, 5.74) is 8.25. The van der Waals surface area contributed by atoms with Gasteiger partial charge in [-0.25, -0.2) is 13.6 Å². The van der Waals surface area contributed by atoms with E-state index >= 15 is 0 Å². The van der Waals surface area contributed by atoms with Crippen LogP contribution in [0.2, 0.25) is 0 Å². The minimum atomic E-state index is -3.24. The number of carbonyl (C=O) groups excluding carboxylic acids is 1. The molecule has 0 spiro atoms. The average molecular weight is 271 g/mol. The molecule has 0 heterocycles. The number of halogens is 2. The molecule has 8 heteroatoms. The third-order valence-electron chi connectivity index (χ3n) is 2.09. The van der Waals surface area contributed by atoms with Crippen LogP contribution in [0.15, 0.2) is 29.4 Å². The molecule has 0 aliphatic carbocycles. The van der Waals surface area contributed by atoms with Crippen LogP contribution >= 0.6 is 0 Å². The summed E-state index contributed by atoms with van der Waals surface area (Å²) in [4.78, 5) is 13.4. The lowest BCUT2D eigenvalue weighted by Crippen LogP contribution is -2.28. The SMILES string of the molecule is COC(=O)c1ccc(OCC(F)(F)CN=[N+]=[N-])cc1. The van der Waals surface area contributed by atoms with Gasteiger partial charge in [0.25, 0.3) is 5.92 Å². The van der Waals surface area contributed by atoms with Crippen molar-refractivity contribution in [3.63, 3.8) is 0 Å². The fraction of sp³-hybridized carbons (Fsp3) is 0.364. The molecule has 0 N–H and O–H groups in total. The Morgan fingerprint density at radius 3 is 2.58 bits per heavy atom. The number of nitrogens with zero attached hydrogens (tertiary/aromatic N) is 3. The molecular formula is C11H11F2N3O3. The second-order valence-electron chi connectivity index (χ2n) is 3.55. The molecule has 102 valence electrons. The maximum atomic E-state index is 13.1. The van der Waals surface area contributed by atoms with Crippen LogP contribution in [0.4, 0.5) is 8.78 Å². The third-order valence-corrected chi connectivity index (χ3v) is 2.09. The molecule has 0 saturated carbocycles. The predicted molar refractivity (Wildman–Crippen MR) is 62.2 cm³/mol. The Balaban J connectivity index is 2.59. The predicted octanol–water partition coefficient (Wildman–Crippen LogP) is 2.80. The first-order valence-electron chi connectivity index (χ1n) is 5.18. The number of carbonyl (C=O) groups is 1. The second-order valence-corrected chi connectivity index (χ2v) is 3.55. The monoisotopic (exact) mass is 271 g/mol. The van der Waals surface area contributed by atoms with Crippen LogP contribution in [0.5, 0.6) is 5.75 Å². The number of methoxy groups -OCH3 is 1. The molecule has 1 rings (SSSR count). The molecule has 0 aromatic heterocycles. The van der Waals surface area contributed by atoms with Crippen LogP contribution in [-0.2, 0) is 4.74 Å². The summed E-state index contributed by atoms with van der Waals surface area (Å²) in [6.07, 6.45) is 0. The van der Waals surface area contributed by atoms with Crippen molar-refractivity contribution in [1.82, 2.24) is 0 Å². The molecule has 1 aromatic rings. The first kappa shape index (κ1) is 14.7. The molecule has 0 radical (unpaired) electrons. The highest BCUT2D eigenvalue weighted by atomic mass is 19.3. The molecule has 6 nitrogen and oxygen atoms in total. The summed E-state index contributed by atoms with van der Waals surface area (Å²) in [5, 5.41) is 2.79. The van der Waals surface area contributed by atoms with Gasteiger partial charge in [-0.15, -0.1) is 0 Å². The van der Waals surface area contributed by atoms with Crippen molar-refractivity contribution < 1.29 is 23.0 Å². The number of hydrogen-bond donors (Lipinski definition) is 0. The van der Waals surface area contributed by atoms with Crippen LogP contribution in [0, 0.1) is 0 Å². The molecule has 1 aromatic carbocycles. The van der Waals surface area contributed by atoms with Crippen molar-refractivity contribution in [2.24, 2.45) is 5.11 Å². The second kappa shape index (κ2) is 6.55. The minimum Gasteiger partial charge on any atom is -0.487 e. The number of esters is 1. The molecular weight excluding hydrogens is 260 g/mol. The smallest absolute Gasteiger partial charge is 0.337 e. The molecule has 0 aliphatic rings. The van der Waals surface area contributed by atoms with E-state index in [0.717, 1.165) is 0 Å². The lowest BCUT2D eigenvalue weighted by molar-refractivity contribution is -0.0318. The van der Waals surface area contributed by atoms with Gasteiger partial charge in [0, 0.05) is 4.91 Å². The first-order valence-corrected chi connectivity index (χ1v) is 5.18. The summed E-state index contributed by atoms with van der Waals surface area (Å²) in [5.74, 6) is -3.60. The highest BCUT2D eigenvalue weighted by Gasteiger charge is 2.29. The first-order chi connectivity index (χ1) is 8.98. The van der Waals surface area contributed by atoms with Gasteiger partial charge in [0.1, 0.15) is 5.75 Å². The summed E-state index contributed by atoms with van der Waals surface area (Å²) >= 11 is 0. The lowest BCUT2D eigenvalue weighted by Gasteiger charge is -2.14. The normalized spacial score (nSPS) is 10.5. The molecule has 0 fully saturated rings. The van der Waals surface area contributed by atoms with Gasteiger partial charge in [0.15, 0.2) is 6.61 Å². The molecule has 0 bridgehead atoms. The average Bonchev–Trinajstić information content (AvgIpc) is 2.43. The fourth-order valence-corrected chi connectivity index (χ4v) is 1.17. The highest BCUT2D eigenvalue weighted by Crippen LogP contribution is 2.18. The Labute approximate surface area is 107 Å². The summed E-state index contributed by atoms with van der Waals surface area (Å²) < 4.78 is 35.5. The maximum Gasteiger partial charge on any atom is 0.337 e. The van der Waals surface area contributed by atoms with Gasteiger partial charge in [-0.05, 0) is 29.8 Å². The molecule has 19 heavy (non-hydrogen) atoms. The zero-order chi connectivity index (χ0) is 14.3. The van der Waals surface area contributed by atoms with Gasteiger partial charge in [0.05, 0.1) is 19.2 Å². The molecule has 0 unspecified atom stereocenters. The van der Waals surface area contributed by atoms with Crippen molar-refractivity contribution >= 4 is 5.97 Å². The van der Waals surface area contributed by atoms with Crippen LogP contribution in [0.3, 0.4) is 0 Å². The van der Waals surface area contributed by atoms with Crippen LogP contribution in [0.1, 0.15) is 10.4 Å². The molecule has 0 aliphatic heterocycles. The Morgan fingerprint density at radius 2 is 2.05 bits per heavy atom. The van der Waals surface area contributed by atoms with E-state index in [1.54, 1.807) is 0 Å². The third kappa shape index (κ3) is 4.81. The van der Waals surface area contributed by atoms with Crippen LogP contribution < -0.4 is 4.74 Å². The van der Waals surface area contributed by atoms with Crippen molar-refractivity contribution in [3.8, 4) is 5.75 Å². The Bertz CT molecular complexity index is 484. The Morgan fingerprint density at radius 1 is 1.42 bits per heavy atom. The number of rotatable bonds is 6. The summed E-state index contributed by atoms with van der Waals surface area (Å²) in [6, 6.07) is 5.53. The summed E-state index contributed by atoms with van der Waals surface area (Å²) in [7, 11) is 1.24. The van der Waals surface area contributed by atoms with E-state index in [2.05, 4.69) is 14.8 Å². The highest BCUT2D eigenvalue weighted by molar-refractivity contribution is 5.89. The van der Waals surface area contributed by atoms with E-state index in [4.69, 9.17) is 10.3 Å². The van der Waals surface area contributed by atoms with Crippen molar-refractivity contribution in [1.29, 1.82) is 0 Å². The van der Waals surface area contributed by atoms with Gasteiger partial charge >= 0.3 is 5.97 Å². The minimum absolute atomic E-state index is 0.174. The fourth-order valence-electron chi connectivity index (χ4n) is 1.17. The number of azide groups is 1. The van der Waals surface area contributed by atoms with E-state index in [1.807, 2.05) is 0 Å². The quantitative estimate of drug-likeness (QED) is 0.345. The zero-order valence-electron chi connectivity index (χ0n) is 10.0. The number of hydrogen-bond acceptors (Lipinski definition) is 4. The molecule has 0 saturated heterocycles. The standard InChI is InChI=1S/C11H11F2N3O3/c1-18-10(17)8-2-4-9(5-3-8)19-7-11(12,13)6-15-16-14/h2-5H,6-7H2,1H3.